The van der Waals surface area contributed by atoms with Gasteiger partial charge in [0.25, 0.3) is 0 Å². The van der Waals surface area contributed by atoms with Crippen molar-refractivity contribution in [2.75, 3.05) is 0 Å². The summed E-state index contributed by atoms with van der Waals surface area (Å²) in [6, 6.07) is 0. The summed E-state index contributed by atoms with van der Waals surface area (Å²) in [4.78, 5) is 38.6. The Kier molecular flexibility index (Phi) is 14.1. The van der Waals surface area contributed by atoms with Crippen LogP contribution in [0.15, 0.2) is 0 Å². The van der Waals surface area contributed by atoms with Gasteiger partial charge in [0.15, 0.2) is 0 Å². The van der Waals surface area contributed by atoms with Crippen LogP contribution < -0.4 is 10.2 Å². The third-order valence-electron chi connectivity index (χ3n) is 0.787. The van der Waals surface area contributed by atoms with Crippen LogP contribution in [0.1, 0.15) is 26.7 Å². The van der Waals surface area contributed by atoms with Crippen LogP contribution in [0.2, 0.25) is 0 Å². The van der Waals surface area contributed by atoms with Crippen molar-refractivity contribution in [1.82, 2.24) is 0 Å². The van der Waals surface area contributed by atoms with E-state index in [9.17, 15) is 29.4 Å². The summed E-state index contributed by atoms with van der Waals surface area (Å²) in [5.74, 6) is -3.37. The molecule has 85 valence electrons. The first-order valence-corrected chi connectivity index (χ1v) is 3.64. The van der Waals surface area contributed by atoms with Gasteiger partial charge in [-0.1, -0.05) is 0 Å². The second-order valence-electron chi connectivity index (χ2n) is 2.50. The molecule has 0 saturated carbocycles. The molecule has 0 unspecified atom stereocenters. The van der Waals surface area contributed by atoms with E-state index in [2.05, 4.69) is 0 Å². The zero-order valence-electron chi connectivity index (χ0n) is 8.24. The standard InChI is InChI=1S/2C4H6O3.Mn/c2*1-3(5)2-4(6)7;/h2*2H2,1H3,(H,6,7);/q;;+2/p-2. The third kappa shape index (κ3) is 32.3. The van der Waals surface area contributed by atoms with Gasteiger partial charge in [0.2, 0.25) is 0 Å². The van der Waals surface area contributed by atoms with Gasteiger partial charge in [-0.25, -0.2) is 0 Å². The quantitative estimate of drug-likeness (QED) is 0.404. The van der Waals surface area contributed by atoms with Crippen molar-refractivity contribution >= 4 is 23.5 Å². The molecular formula is C8H10MnO6. The Balaban J connectivity index is -0.000000180. The van der Waals surface area contributed by atoms with Crippen LogP contribution in [-0.4, -0.2) is 23.5 Å². The number of ketones is 2. The van der Waals surface area contributed by atoms with Gasteiger partial charge in [-0.15, -0.1) is 0 Å². The van der Waals surface area contributed by atoms with E-state index in [4.69, 9.17) is 0 Å². The topological polar surface area (TPSA) is 114 Å². The molecule has 0 rings (SSSR count). The van der Waals surface area contributed by atoms with Gasteiger partial charge in [-0.3, -0.25) is 9.59 Å². The van der Waals surface area contributed by atoms with Crippen LogP contribution in [0, 0.1) is 0 Å². The van der Waals surface area contributed by atoms with Crippen molar-refractivity contribution in [3.63, 3.8) is 0 Å². The average molecular weight is 257 g/mol. The molecule has 15 heavy (non-hydrogen) atoms. The predicted molar refractivity (Wildman–Crippen MR) is 40.6 cm³/mol. The molecule has 6 nitrogen and oxygen atoms in total. The summed E-state index contributed by atoms with van der Waals surface area (Å²) in [7, 11) is 0. The van der Waals surface area contributed by atoms with E-state index < -0.39 is 24.8 Å². The molecule has 0 aromatic heterocycles. The van der Waals surface area contributed by atoms with E-state index in [1.165, 1.54) is 13.8 Å². The largest absolute Gasteiger partial charge is 2.00 e. The Hall–Kier alpha value is -1.20. The van der Waals surface area contributed by atoms with Crippen molar-refractivity contribution in [3.8, 4) is 0 Å². The van der Waals surface area contributed by atoms with Crippen LogP contribution in [-0.2, 0) is 36.2 Å². The summed E-state index contributed by atoms with van der Waals surface area (Å²) in [5.41, 5.74) is 0. The molecule has 0 bridgehead atoms. The molecule has 0 fully saturated rings. The summed E-state index contributed by atoms with van der Waals surface area (Å²) >= 11 is 0. The molecule has 0 atom stereocenters. The Morgan fingerprint density at radius 2 is 1.00 bits per heavy atom. The normalized spacial score (nSPS) is 7.60. The molecule has 0 aliphatic heterocycles. The first-order chi connectivity index (χ1) is 6.25. The molecule has 0 N–H and O–H groups in total. The fraction of sp³-hybridized carbons (Fsp3) is 0.500. The van der Waals surface area contributed by atoms with Crippen molar-refractivity contribution < 1.29 is 46.5 Å². The number of hydrogen-bond acceptors (Lipinski definition) is 6. The fourth-order valence-electron chi connectivity index (χ4n) is 0.407. The number of carboxylic acids is 2. The number of hydrogen-bond donors (Lipinski definition) is 0. The molecule has 0 aliphatic rings. The molecule has 1 radical (unpaired) electrons. The summed E-state index contributed by atoms with van der Waals surface area (Å²) in [6.07, 6.45) is -0.944. The minimum atomic E-state index is -1.31. The summed E-state index contributed by atoms with van der Waals surface area (Å²) in [5, 5.41) is 19.0. The van der Waals surface area contributed by atoms with Crippen molar-refractivity contribution in [2.45, 2.75) is 26.7 Å². The Labute approximate surface area is 97.1 Å². The second kappa shape index (κ2) is 10.9. The predicted octanol–water partition coefficient (Wildman–Crippen LogP) is -2.57. The van der Waals surface area contributed by atoms with Gasteiger partial charge in [0.05, 0.1) is 0 Å². The van der Waals surface area contributed by atoms with Gasteiger partial charge in [-0.05, 0) is 13.8 Å². The van der Waals surface area contributed by atoms with Crippen molar-refractivity contribution in [3.05, 3.63) is 0 Å². The fourth-order valence-corrected chi connectivity index (χ4v) is 0.407. The van der Waals surface area contributed by atoms with E-state index in [1.54, 1.807) is 0 Å². The van der Waals surface area contributed by atoms with Crippen LogP contribution in [0.3, 0.4) is 0 Å². The molecule has 0 aromatic rings. The van der Waals surface area contributed by atoms with Gasteiger partial charge in [0.1, 0.15) is 11.6 Å². The van der Waals surface area contributed by atoms with Crippen molar-refractivity contribution in [1.29, 1.82) is 0 Å². The second-order valence-corrected chi connectivity index (χ2v) is 2.50. The zero-order valence-corrected chi connectivity index (χ0v) is 9.42. The molecular weight excluding hydrogens is 247 g/mol. The van der Waals surface area contributed by atoms with Gasteiger partial charge in [-0.2, -0.15) is 0 Å². The number of carboxylic acid groups (broad SMARTS) is 2. The molecule has 0 amide bonds. The minimum Gasteiger partial charge on any atom is -0.550 e. The van der Waals surface area contributed by atoms with Crippen LogP contribution in [0.4, 0.5) is 0 Å². The first-order valence-electron chi connectivity index (χ1n) is 3.64. The third-order valence-corrected chi connectivity index (χ3v) is 0.787. The average Bonchev–Trinajstić information content (AvgIpc) is 1.79. The molecule has 0 saturated heterocycles. The van der Waals surface area contributed by atoms with E-state index in [1.807, 2.05) is 0 Å². The van der Waals surface area contributed by atoms with Crippen LogP contribution in [0.5, 0.6) is 0 Å². The number of carbonyl (C=O) groups is 4. The number of aliphatic carboxylic acids is 2. The smallest absolute Gasteiger partial charge is 0.550 e. The Bertz CT molecular complexity index is 198. The number of carbonyl (C=O) groups excluding carboxylic acids is 4. The Morgan fingerprint density at radius 3 is 1.00 bits per heavy atom. The molecule has 0 heterocycles. The SMILES string of the molecule is CC(=O)CC(=O)[O-].CC(=O)CC(=O)[O-].[Mn+2]. The number of rotatable bonds is 4. The first kappa shape index (κ1) is 19.4. The monoisotopic (exact) mass is 257 g/mol. The van der Waals surface area contributed by atoms with Gasteiger partial charge in [0, 0.05) is 24.8 Å². The number of Topliss-reactive ketones (excluding diaryl/α,β-unsaturated/α-hetero) is 2. The molecule has 7 heteroatoms. The Morgan fingerprint density at radius 1 is 0.800 bits per heavy atom. The van der Waals surface area contributed by atoms with Gasteiger partial charge >= 0.3 is 17.1 Å². The maximum Gasteiger partial charge on any atom is 2.00 e. The van der Waals surface area contributed by atoms with E-state index in [0.29, 0.717) is 0 Å². The summed E-state index contributed by atoms with van der Waals surface area (Å²) < 4.78 is 0. The van der Waals surface area contributed by atoms with Crippen LogP contribution in [0.25, 0.3) is 0 Å². The summed E-state index contributed by atoms with van der Waals surface area (Å²) in [6.45, 7) is 2.41. The van der Waals surface area contributed by atoms with Crippen LogP contribution >= 0.6 is 0 Å². The van der Waals surface area contributed by atoms with Gasteiger partial charge < -0.3 is 19.8 Å². The molecule has 0 aliphatic carbocycles. The molecule has 0 spiro atoms. The molecule has 0 aromatic carbocycles. The zero-order chi connectivity index (χ0) is 11.7. The van der Waals surface area contributed by atoms with E-state index in [-0.39, 0.29) is 28.6 Å². The van der Waals surface area contributed by atoms with E-state index in [0.717, 1.165) is 0 Å². The minimum absolute atomic E-state index is 0. The maximum atomic E-state index is 9.83. The van der Waals surface area contributed by atoms with Crippen molar-refractivity contribution in [2.24, 2.45) is 0 Å². The maximum absolute atomic E-state index is 9.83. The van der Waals surface area contributed by atoms with E-state index >= 15 is 0 Å².